The molecule has 2 N–H and O–H groups in total. The topological polar surface area (TPSA) is 85.1 Å². The number of halogens is 1. The summed E-state index contributed by atoms with van der Waals surface area (Å²) in [5, 5.41) is 0. The Hall–Kier alpha value is -2.91. The van der Waals surface area contributed by atoms with Gasteiger partial charge >= 0.3 is 0 Å². The quantitative estimate of drug-likeness (QED) is 0.677. The minimum Gasteiger partial charge on any atom is -0.488 e. The minimum atomic E-state index is -1.22. The molecule has 7 nitrogen and oxygen atoms in total. The van der Waals surface area contributed by atoms with Crippen molar-refractivity contribution in [1.29, 1.82) is 0 Å². The number of rotatable bonds is 7. The van der Waals surface area contributed by atoms with Crippen LogP contribution in [0.5, 0.6) is 5.75 Å². The Balaban J connectivity index is 1.48. The lowest BCUT2D eigenvalue weighted by atomic mass is 9.94. The molecule has 160 valence electrons. The van der Waals surface area contributed by atoms with Gasteiger partial charge in [-0.3, -0.25) is 14.5 Å². The van der Waals surface area contributed by atoms with Gasteiger partial charge in [0.2, 0.25) is 5.91 Å². The second-order valence-corrected chi connectivity index (χ2v) is 7.67. The minimum absolute atomic E-state index is 0.00923. The molecular formula is C22H23BFN3O4. The zero-order valence-corrected chi connectivity index (χ0v) is 17.1. The van der Waals surface area contributed by atoms with Crippen LogP contribution in [0.3, 0.4) is 0 Å². The summed E-state index contributed by atoms with van der Waals surface area (Å²) in [6.07, 6.45) is 0. The molecule has 0 aromatic heterocycles. The van der Waals surface area contributed by atoms with Crippen LogP contribution in [0, 0.1) is 5.82 Å². The van der Waals surface area contributed by atoms with Gasteiger partial charge in [-0.2, -0.15) is 0 Å². The number of fused-ring (bicyclic) bond motifs is 1. The SMILES string of the molecule is [B]C(C(N)=O)N1Cc2c(OCc3cc(CN4CCOCC4)ccc3F)cccc2C1=O. The molecule has 2 aromatic carbocycles. The number of amides is 2. The molecular weight excluding hydrogens is 400 g/mol. The molecule has 31 heavy (non-hydrogen) atoms. The van der Waals surface area contributed by atoms with Gasteiger partial charge in [0, 0.05) is 36.3 Å². The fourth-order valence-corrected chi connectivity index (χ4v) is 3.85. The third-order valence-electron chi connectivity index (χ3n) is 5.58. The van der Waals surface area contributed by atoms with E-state index >= 15 is 0 Å². The number of carbonyl (C=O) groups excluding carboxylic acids is 2. The lowest BCUT2D eigenvalue weighted by molar-refractivity contribution is -0.120. The maximum Gasteiger partial charge on any atom is 0.254 e. The van der Waals surface area contributed by atoms with E-state index in [2.05, 4.69) is 4.90 Å². The first-order chi connectivity index (χ1) is 14.9. The van der Waals surface area contributed by atoms with E-state index in [-0.39, 0.29) is 24.9 Å². The average Bonchev–Trinajstić information content (AvgIpc) is 3.11. The number of primary amides is 1. The Labute approximate surface area is 181 Å². The molecule has 4 rings (SSSR count). The first-order valence-electron chi connectivity index (χ1n) is 10.1. The van der Waals surface area contributed by atoms with Crippen LogP contribution in [-0.2, 0) is 29.2 Å². The number of carbonyl (C=O) groups is 2. The highest BCUT2D eigenvalue weighted by molar-refractivity contribution is 6.25. The smallest absolute Gasteiger partial charge is 0.254 e. The van der Waals surface area contributed by atoms with Crippen molar-refractivity contribution in [1.82, 2.24) is 9.80 Å². The largest absolute Gasteiger partial charge is 0.488 e. The van der Waals surface area contributed by atoms with Crippen LogP contribution in [0.15, 0.2) is 36.4 Å². The average molecular weight is 423 g/mol. The maximum absolute atomic E-state index is 14.4. The molecule has 2 aromatic rings. The molecule has 0 aliphatic carbocycles. The van der Waals surface area contributed by atoms with Crippen LogP contribution in [0.4, 0.5) is 4.39 Å². The summed E-state index contributed by atoms with van der Waals surface area (Å²) in [5.74, 6) is -2.30. The van der Waals surface area contributed by atoms with Crippen molar-refractivity contribution in [2.24, 2.45) is 5.73 Å². The van der Waals surface area contributed by atoms with E-state index in [0.717, 1.165) is 18.7 Å². The number of nitrogens with two attached hydrogens (primary N) is 1. The molecule has 0 spiro atoms. The summed E-state index contributed by atoms with van der Waals surface area (Å²) < 4.78 is 25.7. The fourth-order valence-electron chi connectivity index (χ4n) is 3.85. The van der Waals surface area contributed by atoms with Crippen molar-refractivity contribution in [3.05, 3.63) is 64.5 Å². The Morgan fingerprint density at radius 2 is 2.03 bits per heavy atom. The number of ether oxygens (including phenoxy) is 2. The predicted molar refractivity (Wildman–Crippen MR) is 112 cm³/mol. The normalized spacial score (nSPS) is 17.5. The van der Waals surface area contributed by atoms with Gasteiger partial charge < -0.3 is 20.1 Å². The van der Waals surface area contributed by atoms with E-state index in [9.17, 15) is 14.0 Å². The third-order valence-corrected chi connectivity index (χ3v) is 5.58. The maximum atomic E-state index is 14.4. The summed E-state index contributed by atoms with van der Waals surface area (Å²) >= 11 is 0. The van der Waals surface area contributed by atoms with Gasteiger partial charge in [-0.1, -0.05) is 12.1 Å². The third kappa shape index (κ3) is 4.57. The lowest BCUT2D eigenvalue weighted by Gasteiger charge is -2.26. The highest BCUT2D eigenvalue weighted by Crippen LogP contribution is 2.32. The van der Waals surface area contributed by atoms with Crippen LogP contribution in [-0.4, -0.2) is 61.7 Å². The van der Waals surface area contributed by atoms with Gasteiger partial charge in [0.05, 0.1) is 25.7 Å². The zero-order valence-electron chi connectivity index (χ0n) is 17.1. The molecule has 2 heterocycles. The summed E-state index contributed by atoms with van der Waals surface area (Å²) in [7, 11) is 5.75. The van der Waals surface area contributed by atoms with Crippen LogP contribution in [0.2, 0.25) is 0 Å². The summed E-state index contributed by atoms with van der Waals surface area (Å²) in [4.78, 5) is 27.4. The molecule has 1 atom stereocenters. The molecule has 1 saturated heterocycles. The van der Waals surface area contributed by atoms with E-state index in [0.29, 0.717) is 42.2 Å². The molecule has 0 saturated carbocycles. The molecule has 2 radical (unpaired) electrons. The second kappa shape index (κ2) is 9.07. The second-order valence-electron chi connectivity index (χ2n) is 7.67. The van der Waals surface area contributed by atoms with E-state index in [1.165, 1.54) is 11.0 Å². The summed E-state index contributed by atoms with van der Waals surface area (Å²) in [6, 6.07) is 10.0. The Kier molecular flexibility index (Phi) is 6.24. The van der Waals surface area contributed by atoms with Gasteiger partial charge in [-0.05, 0) is 29.8 Å². The molecule has 1 unspecified atom stereocenters. The molecule has 0 bridgehead atoms. The van der Waals surface area contributed by atoms with Crippen molar-refractivity contribution in [2.75, 3.05) is 26.3 Å². The lowest BCUT2D eigenvalue weighted by Crippen LogP contribution is -2.45. The van der Waals surface area contributed by atoms with Crippen molar-refractivity contribution in [3.63, 3.8) is 0 Å². The Morgan fingerprint density at radius 3 is 2.77 bits per heavy atom. The first-order valence-corrected chi connectivity index (χ1v) is 10.1. The highest BCUT2D eigenvalue weighted by Gasteiger charge is 2.34. The molecule has 9 heteroatoms. The summed E-state index contributed by atoms with van der Waals surface area (Å²) in [6.45, 7) is 3.92. The zero-order chi connectivity index (χ0) is 22.0. The Bertz CT molecular complexity index is 997. The van der Waals surface area contributed by atoms with Crippen molar-refractivity contribution >= 4 is 19.7 Å². The number of morpholine rings is 1. The molecule has 2 amide bonds. The van der Waals surface area contributed by atoms with Crippen LogP contribution < -0.4 is 10.5 Å². The Morgan fingerprint density at radius 1 is 1.26 bits per heavy atom. The molecule has 2 aliphatic rings. The predicted octanol–water partition coefficient (Wildman–Crippen LogP) is 1.17. The number of hydrogen-bond donors (Lipinski definition) is 1. The van der Waals surface area contributed by atoms with Gasteiger partial charge in [0.15, 0.2) is 0 Å². The molecule has 1 fully saturated rings. The fraction of sp³-hybridized carbons (Fsp3) is 0.364. The number of benzene rings is 2. The van der Waals surface area contributed by atoms with Crippen molar-refractivity contribution in [3.8, 4) is 5.75 Å². The van der Waals surface area contributed by atoms with E-state index in [4.69, 9.17) is 23.1 Å². The van der Waals surface area contributed by atoms with Gasteiger partial charge in [-0.15, -0.1) is 0 Å². The van der Waals surface area contributed by atoms with E-state index < -0.39 is 11.8 Å². The van der Waals surface area contributed by atoms with E-state index in [1.54, 1.807) is 30.3 Å². The standard InChI is InChI=1S/C22H23BFN3O4/c23-20(21(25)28)27-12-17-16(22(27)29)2-1-3-19(17)31-13-15-10-14(4-5-18(15)24)11-26-6-8-30-9-7-26/h1-5,10,20H,6-9,11-13H2,(H2,25,28). The van der Waals surface area contributed by atoms with Gasteiger partial charge in [-0.25, -0.2) is 4.39 Å². The van der Waals surface area contributed by atoms with Crippen LogP contribution in [0.25, 0.3) is 0 Å². The first kappa shape index (κ1) is 21.3. The number of nitrogens with zero attached hydrogens (tertiary/aromatic N) is 2. The van der Waals surface area contributed by atoms with Gasteiger partial charge in [0.1, 0.15) is 26.0 Å². The van der Waals surface area contributed by atoms with Crippen LogP contribution in [0.1, 0.15) is 27.0 Å². The van der Waals surface area contributed by atoms with Crippen molar-refractivity contribution in [2.45, 2.75) is 25.6 Å². The van der Waals surface area contributed by atoms with Gasteiger partial charge in [0.25, 0.3) is 5.91 Å². The number of hydrogen-bond acceptors (Lipinski definition) is 5. The van der Waals surface area contributed by atoms with Crippen molar-refractivity contribution < 1.29 is 23.5 Å². The molecule has 2 aliphatic heterocycles. The summed E-state index contributed by atoms with van der Waals surface area (Å²) in [5.41, 5.74) is 7.67. The highest BCUT2D eigenvalue weighted by atomic mass is 19.1. The van der Waals surface area contributed by atoms with Crippen LogP contribution >= 0.6 is 0 Å². The monoisotopic (exact) mass is 423 g/mol. The van der Waals surface area contributed by atoms with E-state index in [1.807, 2.05) is 0 Å².